The molecule has 0 aliphatic carbocycles. The molecule has 0 bridgehead atoms. The summed E-state index contributed by atoms with van der Waals surface area (Å²) in [5, 5.41) is 12.7. The summed E-state index contributed by atoms with van der Waals surface area (Å²) in [6.45, 7) is 3.16. The minimum Gasteiger partial charge on any atom is -0.394 e. The van der Waals surface area contributed by atoms with E-state index < -0.39 is 0 Å². The van der Waals surface area contributed by atoms with Crippen LogP contribution in [0.3, 0.4) is 0 Å². The van der Waals surface area contributed by atoms with Crippen molar-refractivity contribution in [3.63, 3.8) is 0 Å². The highest BCUT2D eigenvalue weighted by Crippen LogP contribution is 2.08. The largest absolute Gasteiger partial charge is 0.394 e. The Bertz CT molecular complexity index is 407. The maximum Gasteiger partial charge on any atom is 0.227 e. The van der Waals surface area contributed by atoms with Gasteiger partial charge in [0, 0.05) is 25.9 Å². The van der Waals surface area contributed by atoms with E-state index in [1.165, 1.54) is 0 Å². The second kappa shape index (κ2) is 5.92. The SMILES string of the molecule is Cc1noc(CCC(=O)N2CCOC(CO)C2)n1. The van der Waals surface area contributed by atoms with Crippen molar-refractivity contribution in [1.29, 1.82) is 0 Å². The van der Waals surface area contributed by atoms with E-state index in [0.717, 1.165) is 0 Å². The van der Waals surface area contributed by atoms with Crippen LogP contribution in [0.2, 0.25) is 0 Å². The molecular weight excluding hydrogens is 238 g/mol. The van der Waals surface area contributed by atoms with E-state index in [1.807, 2.05) is 0 Å². The maximum absolute atomic E-state index is 11.9. The zero-order valence-corrected chi connectivity index (χ0v) is 10.3. The first-order chi connectivity index (χ1) is 8.69. The zero-order chi connectivity index (χ0) is 13.0. The van der Waals surface area contributed by atoms with Crippen LogP contribution in [0.25, 0.3) is 0 Å². The van der Waals surface area contributed by atoms with Gasteiger partial charge in [-0.2, -0.15) is 4.98 Å². The Balaban J connectivity index is 1.80. The van der Waals surface area contributed by atoms with Gasteiger partial charge in [-0.1, -0.05) is 5.16 Å². The van der Waals surface area contributed by atoms with Crippen LogP contribution >= 0.6 is 0 Å². The van der Waals surface area contributed by atoms with Gasteiger partial charge in [-0.15, -0.1) is 0 Å². The molecule has 1 atom stereocenters. The first kappa shape index (κ1) is 13.0. The van der Waals surface area contributed by atoms with Gasteiger partial charge >= 0.3 is 0 Å². The Morgan fingerprint density at radius 3 is 3.11 bits per heavy atom. The fourth-order valence-electron chi connectivity index (χ4n) is 1.87. The van der Waals surface area contributed by atoms with E-state index in [1.54, 1.807) is 11.8 Å². The molecule has 1 unspecified atom stereocenters. The number of hydrogen-bond donors (Lipinski definition) is 1. The number of carbonyl (C=O) groups is 1. The van der Waals surface area contributed by atoms with Crippen LogP contribution in [0.15, 0.2) is 4.52 Å². The fraction of sp³-hybridized carbons (Fsp3) is 0.727. The van der Waals surface area contributed by atoms with Crippen LogP contribution in [0.1, 0.15) is 18.1 Å². The number of aromatic nitrogens is 2. The van der Waals surface area contributed by atoms with Crippen molar-refractivity contribution in [1.82, 2.24) is 15.0 Å². The number of rotatable bonds is 4. The van der Waals surface area contributed by atoms with Crippen molar-refractivity contribution in [3.8, 4) is 0 Å². The van der Waals surface area contributed by atoms with Crippen molar-refractivity contribution in [2.45, 2.75) is 25.9 Å². The lowest BCUT2D eigenvalue weighted by molar-refractivity contribution is -0.140. The van der Waals surface area contributed by atoms with Gasteiger partial charge in [0.1, 0.15) is 0 Å². The van der Waals surface area contributed by atoms with Crippen molar-refractivity contribution in [2.75, 3.05) is 26.3 Å². The van der Waals surface area contributed by atoms with Gasteiger partial charge in [0.25, 0.3) is 0 Å². The molecule has 1 aliphatic heterocycles. The highest BCUT2D eigenvalue weighted by Gasteiger charge is 2.23. The van der Waals surface area contributed by atoms with Gasteiger partial charge in [0.2, 0.25) is 11.8 Å². The summed E-state index contributed by atoms with van der Waals surface area (Å²) in [6, 6.07) is 0. The molecule has 1 aromatic rings. The third-order valence-electron chi connectivity index (χ3n) is 2.82. The van der Waals surface area contributed by atoms with E-state index in [2.05, 4.69) is 10.1 Å². The average molecular weight is 255 g/mol. The van der Waals surface area contributed by atoms with Crippen molar-refractivity contribution in [2.24, 2.45) is 0 Å². The monoisotopic (exact) mass is 255 g/mol. The average Bonchev–Trinajstić information content (AvgIpc) is 2.82. The van der Waals surface area contributed by atoms with Gasteiger partial charge in [0.05, 0.1) is 19.3 Å². The molecule has 0 radical (unpaired) electrons. The Morgan fingerprint density at radius 2 is 2.44 bits per heavy atom. The minimum atomic E-state index is -0.270. The molecule has 0 aromatic carbocycles. The number of aryl methyl sites for hydroxylation is 2. The van der Waals surface area contributed by atoms with Crippen LogP contribution in [-0.4, -0.2) is 58.5 Å². The number of ether oxygens (including phenoxy) is 1. The van der Waals surface area contributed by atoms with E-state index in [-0.39, 0.29) is 18.6 Å². The lowest BCUT2D eigenvalue weighted by atomic mass is 10.2. The van der Waals surface area contributed by atoms with E-state index >= 15 is 0 Å². The van der Waals surface area contributed by atoms with E-state index in [0.29, 0.717) is 44.3 Å². The second-order valence-electron chi connectivity index (χ2n) is 4.25. The third kappa shape index (κ3) is 3.27. The first-order valence-corrected chi connectivity index (χ1v) is 5.98. The van der Waals surface area contributed by atoms with Gasteiger partial charge in [0.15, 0.2) is 5.82 Å². The molecule has 2 rings (SSSR count). The molecule has 0 spiro atoms. The summed E-state index contributed by atoms with van der Waals surface area (Å²) in [5.74, 6) is 1.07. The second-order valence-corrected chi connectivity index (χ2v) is 4.25. The molecule has 100 valence electrons. The molecule has 1 amide bonds. The van der Waals surface area contributed by atoms with Gasteiger partial charge in [-0.3, -0.25) is 4.79 Å². The summed E-state index contributed by atoms with van der Waals surface area (Å²) < 4.78 is 10.2. The van der Waals surface area contributed by atoms with Crippen molar-refractivity contribution in [3.05, 3.63) is 11.7 Å². The molecule has 1 fully saturated rings. The zero-order valence-electron chi connectivity index (χ0n) is 10.3. The van der Waals surface area contributed by atoms with Gasteiger partial charge in [-0.25, -0.2) is 0 Å². The molecule has 2 heterocycles. The van der Waals surface area contributed by atoms with Crippen LogP contribution in [0.5, 0.6) is 0 Å². The standard InChI is InChI=1S/C11H17N3O4/c1-8-12-10(18-13-8)2-3-11(16)14-4-5-17-9(6-14)7-15/h9,15H,2-7H2,1H3. The Hall–Kier alpha value is -1.47. The van der Waals surface area contributed by atoms with Gasteiger partial charge in [-0.05, 0) is 6.92 Å². The quantitative estimate of drug-likeness (QED) is 0.782. The lowest BCUT2D eigenvalue weighted by Gasteiger charge is -2.32. The molecule has 1 aromatic heterocycles. The lowest BCUT2D eigenvalue weighted by Crippen LogP contribution is -2.46. The molecular formula is C11H17N3O4. The summed E-state index contributed by atoms with van der Waals surface area (Å²) in [6.07, 6.45) is 0.508. The van der Waals surface area contributed by atoms with E-state index in [9.17, 15) is 4.79 Å². The van der Waals surface area contributed by atoms with E-state index in [4.69, 9.17) is 14.4 Å². The molecule has 7 nitrogen and oxygen atoms in total. The van der Waals surface area contributed by atoms with Crippen LogP contribution in [-0.2, 0) is 16.0 Å². The number of nitrogens with zero attached hydrogens (tertiary/aromatic N) is 3. The van der Waals surface area contributed by atoms with Crippen LogP contribution in [0.4, 0.5) is 0 Å². The molecule has 18 heavy (non-hydrogen) atoms. The number of hydrogen-bond acceptors (Lipinski definition) is 6. The van der Waals surface area contributed by atoms with Crippen molar-refractivity contribution >= 4 is 5.91 Å². The fourth-order valence-corrected chi connectivity index (χ4v) is 1.87. The molecule has 7 heteroatoms. The number of aliphatic hydroxyl groups excluding tert-OH is 1. The predicted molar refractivity (Wildman–Crippen MR) is 60.8 cm³/mol. The molecule has 1 aliphatic rings. The van der Waals surface area contributed by atoms with Crippen LogP contribution < -0.4 is 0 Å². The number of amides is 1. The third-order valence-corrected chi connectivity index (χ3v) is 2.82. The number of morpholine rings is 1. The maximum atomic E-state index is 11.9. The smallest absolute Gasteiger partial charge is 0.227 e. The number of carbonyl (C=O) groups excluding carboxylic acids is 1. The Kier molecular flexibility index (Phi) is 4.27. The Labute approximate surface area is 105 Å². The van der Waals surface area contributed by atoms with Crippen LogP contribution in [0, 0.1) is 6.92 Å². The molecule has 1 saturated heterocycles. The van der Waals surface area contributed by atoms with Crippen molar-refractivity contribution < 1.29 is 19.2 Å². The first-order valence-electron chi connectivity index (χ1n) is 5.98. The van der Waals surface area contributed by atoms with Gasteiger partial charge < -0.3 is 19.3 Å². The summed E-state index contributed by atoms with van der Waals surface area (Å²) in [7, 11) is 0. The molecule has 1 N–H and O–H groups in total. The normalized spacial score (nSPS) is 20.1. The summed E-state index contributed by atoms with van der Waals surface area (Å²) in [5.41, 5.74) is 0. The highest BCUT2D eigenvalue weighted by atomic mass is 16.5. The highest BCUT2D eigenvalue weighted by molar-refractivity contribution is 5.76. The topological polar surface area (TPSA) is 88.7 Å². The summed E-state index contributed by atoms with van der Waals surface area (Å²) in [4.78, 5) is 17.7. The molecule has 0 saturated carbocycles. The number of aliphatic hydroxyl groups is 1. The minimum absolute atomic E-state index is 0.0209. The Morgan fingerprint density at radius 1 is 1.61 bits per heavy atom. The predicted octanol–water partition coefficient (Wildman–Crippen LogP) is -0.470. The summed E-state index contributed by atoms with van der Waals surface area (Å²) >= 11 is 0.